The molecule has 2 nitrogen and oxygen atoms in total. The molecule has 0 saturated heterocycles. The lowest BCUT2D eigenvalue weighted by atomic mass is 9.98. The van der Waals surface area contributed by atoms with Crippen molar-refractivity contribution in [1.82, 2.24) is 0 Å². The monoisotopic (exact) mass is 296 g/mol. The summed E-state index contributed by atoms with van der Waals surface area (Å²) in [5.74, 6) is 0.0808. The molecule has 1 unspecified atom stereocenters. The first kappa shape index (κ1) is 20.2. The fourth-order valence-electron chi connectivity index (χ4n) is 2.56. The van der Waals surface area contributed by atoms with Gasteiger partial charge in [-0.05, 0) is 39.0 Å². The van der Waals surface area contributed by atoms with E-state index in [0.717, 1.165) is 25.7 Å². The highest BCUT2D eigenvalue weighted by Gasteiger charge is 2.17. The lowest BCUT2D eigenvalue weighted by Crippen LogP contribution is -2.17. The first-order chi connectivity index (χ1) is 10.3. The number of allylic oxidation sites excluding steroid dienone is 2. The molecule has 0 spiro atoms. The van der Waals surface area contributed by atoms with Crippen molar-refractivity contribution in [1.29, 1.82) is 0 Å². The quantitative estimate of drug-likeness (QED) is 0.221. The number of unbranched alkanes of at least 4 members (excludes halogenated alkanes) is 6. The van der Waals surface area contributed by atoms with Crippen molar-refractivity contribution >= 4 is 5.97 Å². The molecule has 0 heterocycles. The summed E-state index contributed by atoms with van der Waals surface area (Å²) in [6.07, 6.45) is 17.8. The normalized spacial score (nSPS) is 12.7. The number of hydrogen-bond acceptors (Lipinski definition) is 2. The molecular formula is C19H36O2. The van der Waals surface area contributed by atoms with E-state index < -0.39 is 0 Å². The van der Waals surface area contributed by atoms with Gasteiger partial charge in [-0.1, -0.05) is 64.5 Å². The maximum Gasteiger partial charge on any atom is 0.308 e. The van der Waals surface area contributed by atoms with E-state index in [4.69, 9.17) is 4.74 Å². The minimum Gasteiger partial charge on any atom is -0.466 e. The zero-order chi connectivity index (χ0) is 15.8. The van der Waals surface area contributed by atoms with Gasteiger partial charge in [0.1, 0.15) is 0 Å². The van der Waals surface area contributed by atoms with Crippen molar-refractivity contribution < 1.29 is 9.53 Å². The summed E-state index contributed by atoms with van der Waals surface area (Å²) in [5.41, 5.74) is 0. The Morgan fingerprint density at radius 1 is 0.857 bits per heavy atom. The summed E-state index contributed by atoms with van der Waals surface area (Å²) >= 11 is 0. The highest BCUT2D eigenvalue weighted by atomic mass is 16.5. The SMILES string of the molecule is CCCCCCCC/C=C/CCC(CCC)C(=O)OCC. The third kappa shape index (κ3) is 12.6. The van der Waals surface area contributed by atoms with E-state index in [1.807, 2.05) is 6.92 Å². The summed E-state index contributed by atoms with van der Waals surface area (Å²) < 4.78 is 5.14. The van der Waals surface area contributed by atoms with Crippen molar-refractivity contribution in [3.63, 3.8) is 0 Å². The molecule has 0 aromatic heterocycles. The molecule has 0 saturated carbocycles. The van der Waals surface area contributed by atoms with Gasteiger partial charge in [-0.2, -0.15) is 0 Å². The number of carbonyl (C=O) groups excluding carboxylic acids is 1. The fraction of sp³-hybridized carbons (Fsp3) is 0.842. The van der Waals surface area contributed by atoms with Gasteiger partial charge >= 0.3 is 5.97 Å². The van der Waals surface area contributed by atoms with Crippen LogP contribution in [0.3, 0.4) is 0 Å². The lowest BCUT2D eigenvalue weighted by molar-refractivity contribution is -0.148. The average molecular weight is 296 g/mol. The van der Waals surface area contributed by atoms with E-state index in [-0.39, 0.29) is 11.9 Å². The summed E-state index contributed by atoms with van der Waals surface area (Å²) in [6, 6.07) is 0. The van der Waals surface area contributed by atoms with Crippen molar-refractivity contribution in [3.8, 4) is 0 Å². The first-order valence-electron chi connectivity index (χ1n) is 9.07. The van der Waals surface area contributed by atoms with Crippen molar-refractivity contribution in [2.45, 2.75) is 91.4 Å². The van der Waals surface area contributed by atoms with Crippen LogP contribution in [0.15, 0.2) is 12.2 Å². The minimum absolute atomic E-state index is 0.0105. The van der Waals surface area contributed by atoms with Crippen LogP contribution in [0.25, 0.3) is 0 Å². The number of ether oxygens (including phenoxy) is 1. The molecule has 0 aliphatic heterocycles. The molecule has 0 aliphatic carbocycles. The third-order valence-electron chi connectivity index (χ3n) is 3.83. The highest BCUT2D eigenvalue weighted by Crippen LogP contribution is 2.16. The second-order valence-electron chi connectivity index (χ2n) is 5.84. The Labute approximate surface area is 132 Å². The van der Waals surface area contributed by atoms with E-state index in [0.29, 0.717) is 6.61 Å². The third-order valence-corrected chi connectivity index (χ3v) is 3.83. The van der Waals surface area contributed by atoms with E-state index in [9.17, 15) is 4.79 Å². The van der Waals surface area contributed by atoms with Gasteiger partial charge in [-0.25, -0.2) is 0 Å². The Morgan fingerprint density at radius 2 is 1.52 bits per heavy atom. The van der Waals surface area contributed by atoms with Crippen molar-refractivity contribution in [2.75, 3.05) is 6.61 Å². The molecule has 0 aromatic rings. The van der Waals surface area contributed by atoms with Gasteiger partial charge in [0.15, 0.2) is 0 Å². The van der Waals surface area contributed by atoms with Crippen LogP contribution in [-0.4, -0.2) is 12.6 Å². The second kappa shape index (κ2) is 15.6. The largest absolute Gasteiger partial charge is 0.466 e. The van der Waals surface area contributed by atoms with E-state index in [2.05, 4.69) is 26.0 Å². The van der Waals surface area contributed by atoms with Crippen LogP contribution >= 0.6 is 0 Å². The molecular weight excluding hydrogens is 260 g/mol. The number of hydrogen-bond donors (Lipinski definition) is 0. The molecule has 21 heavy (non-hydrogen) atoms. The van der Waals surface area contributed by atoms with Gasteiger partial charge < -0.3 is 4.74 Å². The van der Waals surface area contributed by atoms with Gasteiger partial charge in [0.05, 0.1) is 12.5 Å². The maximum atomic E-state index is 11.8. The molecule has 0 amide bonds. The van der Waals surface area contributed by atoms with Crippen molar-refractivity contribution in [2.24, 2.45) is 5.92 Å². The average Bonchev–Trinajstić information content (AvgIpc) is 2.48. The highest BCUT2D eigenvalue weighted by molar-refractivity contribution is 5.72. The summed E-state index contributed by atoms with van der Waals surface area (Å²) in [5, 5.41) is 0. The van der Waals surface area contributed by atoms with Crippen LogP contribution in [0.4, 0.5) is 0 Å². The van der Waals surface area contributed by atoms with Gasteiger partial charge in [0.2, 0.25) is 0 Å². The summed E-state index contributed by atoms with van der Waals surface area (Å²) in [4.78, 5) is 11.8. The van der Waals surface area contributed by atoms with Gasteiger partial charge in [0, 0.05) is 0 Å². The predicted octanol–water partition coefficient (Wildman–Crippen LogP) is 6.05. The molecule has 0 fully saturated rings. The zero-order valence-electron chi connectivity index (χ0n) is 14.5. The molecule has 0 bridgehead atoms. The molecule has 0 rings (SSSR count). The van der Waals surface area contributed by atoms with E-state index in [1.165, 1.54) is 44.9 Å². The van der Waals surface area contributed by atoms with Crippen LogP contribution in [-0.2, 0) is 9.53 Å². The van der Waals surface area contributed by atoms with Gasteiger partial charge in [-0.15, -0.1) is 0 Å². The Hall–Kier alpha value is -0.790. The van der Waals surface area contributed by atoms with E-state index >= 15 is 0 Å². The van der Waals surface area contributed by atoms with E-state index in [1.54, 1.807) is 0 Å². The second-order valence-corrected chi connectivity index (χ2v) is 5.84. The van der Waals surface area contributed by atoms with Crippen LogP contribution < -0.4 is 0 Å². The molecule has 0 aromatic carbocycles. The van der Waals surface area contributed by atoms with Crippen LogP contribution in [0, 0.1) is 5.92 Å². The van der Waals surface area contributed by atoms with Gasteiger partial charge in [0.25, 0.3) is 0 Å². The minimum atomic E-state index is -0.0105. The molecule has 0 aliphatic rings. The molecule has 0 radical (unpaired) electrons. The maximum absolute atomic E-state index is 11.8. The first-order valence-corrected chi connectivity index (χ1v) is 9.07. The van der Waals surface area contributed by atoms with Crippen LogP contribution in [0.1, 0.15) is 91.4 Å². The standard InChI is InChI=1S/C19H36O2/c1-4-7-8-9-10-11-12-13-14-15-17-18(16-5-2)19(20)21-6-3/h13-14,18H,4-12,15-17H2,1-3H3/b14-13+. The predicted molar refractivity (Wildman–Crippen MR) is 91.4 cm³/mol. The van der Waals surface area contributed by atoms with Crippen LogP contribution in [0.2, 0.25) is 0 Å². The number of rotatable bonds is 14. The Bertz CT molecular complexity index is 258. The molecule has 124 valence electrons. The molecule has 2 heteroatoms. The van der Waals surface area contributed by atoms with Crippen molar-refractivity contribution in [3.05, 3.63) is 12.2 Å². The smallest absolute Gasteiger partial charge is 0.308 e. The molecule has 0 N–H and O–H groups in total. The Balaban J connectivity index is 3.63. The summed E-state index contributed by atoms with van der Waals surface area (Å²) in [6.45, 7) is 6.75. The Kier molecular flexibility index (Phi) is 15.0. The lowest BCUT2D eigenvalue weighted by Gasteiger charge is -2.13. The number of esters is 1. The topological polar surface area (TPSA) is 26.3 Å². The Morgan fingerprint density at radius 3 is 2.19 bits per heavy atom. The van der Waals surface area contributed by atoms with Crippen LogP contribution in [0.5, 0.6) is 0 Å². The molecule has 1 atom stereocenters. The summed E-state index contributed by atoms with van der Waals surface area (Å²) in [7, 11) is 0. The van der Waals surface area contributed by atoms with Gasteiger partial charge in [-0.3, -0.25) is 4.79 Å². The number of carbonyl (C=O) groups is 1. The zero-order valence-corrected chi connectivity index (χ0v) is 14.5. The fourth-order valence-corrected chi connectivity index (χ4v) is 2.56.